The van der Waals surface area contributed by atoms with Crippen molar-refractivity contribution in [1.29, 1.82) is 0 Å². The van der Waals surface area contributed by atoms with Gasteiger partial charge in [0.05, 0.1) is 22.6 Å². The van der Waals surface area contributed by atoms with Crippen molar-refractivity contribution >= 4 is 17.2 Å². The Kier molecular flexibility index (Phi) is 5.35. The van der Waals surface area contributed by atoms with E-state index in [0.29, 0.717) is 12.2 Å². The maximum absolute atomic E-state index is 12.0. The van der Waals surface area contributed by atoms with Gasteiger partial charge in [0, 0.05) is 12.5 Å². The minimum atomic E-state index is -0.412. The van der Waals surface area contributed by atoms with E-state index in [2.05, 4.69) is 17.2 Å². The second kappa shape index (κ2) is 6.55. The Hall–Kier alpha value is -1.35. The lowest BCUT2D eigenvalue weighted by Crippen LogP contribution is -2.46. The van der Waals surface area contributed by atoms with Crippen LogP contribution in [0, 0.1) is 11.8 Å². The summed E-state index contributed by atoms with van der Waals surface area (Å²) in [7, 11) is 1.60. The van der Waals surface area contributed by atoms with Gasteiger partial charge in [0.2, 0.25) is 0 Å². The smallest absolute Gasteiger partial charge is 0.252 e. The molecule has 1 aromatic heterocycles. The predicted octanol–water partition coefficient (Wildman–Crippen LogP) is 1.25. The highest BCUT2D eigenvalue weighted by Crippen LogP contribution is 2.14. The van der Waals surface area contributed by atoms with E-state index in [-0.39, 0.29) is 12.5 Å². The average Bonchev–Trinajstić information content (AvgIpc) is 2.74. The van der Waals surface area contributed by atoms with E-state index in [1.165, 1.54) is 11.3 Å². The quantitative estimate of drug-likeness (QED) is 0.807. The molecule has 0 radical (unpaired) electrons. The maximum Gasteiger partial charge on any atom is 0.252 e. The topological polar surface area (TPSA) is 58.6 Å². The normalized spacial score (nSPS) is 10.7. The molecular weight excluding hydrogens is 250 g/mol. The first kappa shape index (κ1) is 14.7. The van der Waals surface area contributed by atoms with E-state index >= 15 is 0 Å². The van der Waals surface area contributed by atoms with Crippen molar-refractivity contribution in [2.75, 3.05) is 20.3 Å². The zero-order valence-corrected chi connectivity index (χ0v) is 11.6. The van der Waals surface area contributed by atoms with E-state index in [1.807, 2.05) is 13.8 Å². The Morgan fingerprint density at radius 1 is 1.61 bits per heavy atom. The number of aliphatic hydroxyl groups is 1. The number of carbonyl (C=O) groups excluding carboxylic acids is 1. The summed E-state index contributed by atoms with van der Waals surface area (Å²) in [6.45, 7) is 4.06. The summed E-state index contributed by atoms with van der Waals surface area (Å²) in [4.78, 5) is 12.7. The van der Waals surface area contributed by atoms with Gasteiger partial charge in [-0.2, -0.15) is 0 Å². The van der Waals surface area contributed by atoms with Crippen LogP contribution in [0.15, 0.2) is 11.4 Å². The number of carbonyl (C=O) groups is 1. The lowest BCUT2D eigenvalue weighted by Gasteiger charge is -2.24. The molecule has 1 aromatic rings. The molecule has 0 aromatic carbocycles. The van der Waals surface area contributed by atoms with Crippen LogP contribution in [0.5, 0.6) is 0 Å². The highest BCUT2D eigenvalue weighted by atomic mass is 32.1. The van der Waals surface area contributed by atoms with Gasteiger partial charge in [0.1, 0.15) is 6.61 Å². The molecule has 0 unspecified atom stereocenters. The molecule has 0 aliphatic heterocycles. The molecule has 1 amide bonds. The van der Waals surface area contributed by atoms with Crippen LogP contribution >= 0.6 is 11.3 Å². The molecule has 0 saturated carbocycles. The molecule has 0 bridgehead atoms. The molecule has 0 saturated heterocycles. The number of aliphatic hydroxyl groups excluding tert-OH is 1. The van der Waals surface area contributed by atoms with Crippen LogP contribution in [-0.2, 0) is 4.74 Å². The molecule has 5 heteroatoms. The lowest BCUT2D eigenvalue weighted by atomic mass is 10.1. The van der Waals surface area contributed by atoms with Crippen LogP contribution in [0.3, 0.4) is 0 Å². The summed E-state index contributed by atoms with van der Waals surface area (Å²) in [5.41, 5.74) is 0.163. The molecule has 98 valence electrons. The highest BCUT2D eigenvalue weighted by molar-refractivity contribution is 7.10. The van der Waals surface area contributed by atoms with Crippen molar-refractivity contribution in [2.45, 2.75) is 19.4 Å². The van der Waals surface area contributed by atoms with E-state index in [9.17, 15) is 4.79 Å². The van der Waals surface area contributed by atoms with E-state index in [0.717, 1.165) is 4.88 Å². The van der Waals surface area contributed by atoms with Crippen LogP contribution in [-0.4, -0.2) is 36.9 Å². The number of methoxy groups -OCH3 is 1. The van der Waals surface area contributed by atoms with Crippen molar-refractivity contribution in [3.05, 3.63) is 21.9 Å². The first-order valence-electron chi connectivity index (χ1n) is 5.48. The van der Waals surface area contributed by atoms with E-state index < -0.39 is 5.54 Å². The molecule has 4 nitrogen and oxygen atoms in total. The summed E-state index contributed by atoms with van der Waals surface area (Å²) in [5, 5.41) is 13.2. The van der Waals surface area contributed by atoms with Crippen LogP contribution in [0.4, 0.5) is 0 Å². The van der Waals surface area contributed by atoms with Gasteiger partial charge in [-0.25, -0.2) is 0 Å². The second-order valence-corrected chi connectivity index (χ2v) is 5.34. The third-order valence-electron chi connectivity index (χ3n) is 2.11. The summed E-state index contributed by atoms with van der Waals surface area (Å²) in [5.74, 6) is 5.17. The van der Waals surface area contributed by atoms with Crippen molar-refractivity contribution in [3.8, 4) is 11.8 Å². The third kappa shape index (κ3) is 4.49. The minimum Gasteiger partial charge on any atom is -0.384 e. The Labute approximate surface area is 111 Å². The third-order valence-corrected chi connectivity index (χ3v) is 2.96. The molecule has 0 spiro atoms. The number of nitrogens with one attached hydrogen (secondary N) is 1. The van der Waals surface area contributed by atoms with Gasteiger partial charge >= 0.3 is 0 Å². The molecule has 0 aliphatic carbocycles. The Morgan fingerprint density at radius 3 is 2.94 bits per heavy atom. The van der Waals surface area contributed by atoms with Crippen molar-refractivity contribution in [2.24, 2.45) is 0 Å². The van der Waals surface area contributed by atoms with Crippen molar-refractivity contribution in [3.63, 3.8) is 0 Å². The van der Waals surface area contributed by atoms with Gasteiger partial charge in [-0.15, -0.1) is 11.3 Å². The number of ether oxygens (including phenoxy) is 1. The first-order valence-corrected chi connectivity index (χ1v) is 6.36. The second-order valence-electron chi connectivity index (χ2n) is 4.43. The number of hydrogen-bond acceptors (Lipinski definition) is 4. The molecule has 0 aliphatic rings. The van der Waals surface area contributed by atoms with Gasteiger partial charge in [0.15, 0.2) is 0 Å². The Bertz CT molecular complexity index is 468. The summed E-state index contributed by atoms with van der Waals surface area (Å²) < 4.78 is 5.04. The Balaban J connectivity index is 2.70. The van der Waals surface area contributed by atoms with Crippen LogP contribution < -0.4 is 5.32 Å². The fourth-order valence-electron chi connectivity index (χ4n) is 1.42. The standard InChI is InChI=1S/C13H17NO3S/c1-13(2,9-17-3)14-12(16)10-7-11(18-8-10)5-4-6-15/h7-8,15H,6,9H2,1-3H3,(H,14,16). The molecule has 1 rings (SSSR count). The van der Waals surface area contributed by atoms with Gasteiger partial charge in [-0.1, -0.05) is 11.8 Å². The lowest BCUT2D eigenvalue weighted by molar-refractivity contribution is 0.0820. The zero-order chi connectivity index (χ0) is 13.6. The highest BCUT2D eigenvalue weighted by Gasteiger charge is 2.21. The van der Waals surface area contributed by atoms with Gasteiger partial charge in [-0.3, -0.25) is 4.79 Å². The number of rotatable bonds is 4. The number of amides is 1. The first-order chi connectivity index (χ1) is 8.48. The van der Waals surface area contributed by atoms with E-state index in [4.69, 9.17) is 9.84 Å². The van der Waals surface area contributed by atoms with Gasteiger partial charge in [0.25, 0.3) is 5.91 Å². The summed E-state index contributed by atoms with van der Waals surface area (Å²) >= 11 is 1.38. The number of thiophene rings is 1. The van der Waals surface area contributed by atoms with Crippen LogP contribution in [0.2, 0.25) is 0 Å². The SMILES string of the molecule is COCC(C)(C)NC(=O)c1csc(C#CCO)c1. The Morgan fingerprint density at radius 2 is 2.33 bits per heavy atom. The van der Waals surface area contributed by atoms with Crippen LogP contribution in [0.25, 0.3) is 0 Å². The van der Waals surface area contributed by atoms with Crippen molar-refractivity contribution < 1.29 is 14.6 Å². The largest absolute Gasteiger partial charge is 0.384 e. The monoisotopic (exact) mass is 267 g/mol. The van der Waals surface area contributed by atoms with Gasteiger partial charge in [-0.05, 0) is 19.9 Å². The fraction of sp³-hybridized carbons (Fsp3) is 0.462. The summed E-state index contributed by atoms with van der Waals surface area (Å²) in [6.07, 6.45) is 0. The summed E-state index contributed by atoms with van der Waals surface area (Å²) in [6, 6.07) is 1.71. The molecule has 2 N–H and O–H groups in total. The van der Waals surface area contributed by atoms with Crippen LogP contribution in [0.1, 0.15) is 29.1 Å². The fourth-order valence-corrected chi connectivity index (χ4v) is 2.18. The van der Waals surface area contributed by atoms with Crippen molar-refractivity contribution in [1.82, 2.24) is 5.32 Å². The van der Waals surface area contributed by atoms with E-state index in [1.54, 1.807) is 18.6 Å². The maximum atomic E-state index is 12.0. The molecule has 0 fully saturated rings. The molecular formula is C13H17NO3S. The average molecular weight is 267 g/mol. The van der Waals surface area contributed by atoms with Gasteiger partial charge < -0.3 is 15.2 Å². The molecule has 18 heavy (non-hydrogen) atoms. The molecule has 0 atom stereocenters. The zero-order valence-electron chi connectivity index (χ0n) is 10.7. The number of hydrogen-bond donors (Lipinski definition) is 2. The predicted molar refractivity (Wildman–Crippen MR) is 71.7 cm³/mol. The minimum absolute atomic E-state index is 0.148. The molecule has 1 heterocycles.